The quantitative estimate of drug-likeness (QED) is 0.724. The number of carbonyl (C=O) groups excluding carboxylic acids is 2. The monoisotopic (exact) mass is 258 g/mol. The van der Waals surface area contributed by atoms with Crippen molar-refractivity contribution in [3.05, 3.63) is 0 Å². The third-order valence-corrected chi connectivity index (χ3v) is 3.63. The first-order valence-corrected chi connectivity index (χ1v) is 6.91. The summed E-state index contributed by atoms with van der Waals surface area (Å²) in [6.07, 6.45) is 0.546. The van der Waals surface area contributed by atoms with Crippen LogP contribution in [0.5, 0.6) is 0 Å². The second kappa shape index (κ2) is 5.76. The molecule has 0 radical (unpaired) electrons. The minimum Gasteiger partial charge on any atom is -0.339 e. The summed E-state index contributed by atoms with van der Waals surface area (Å²) in [6, 6.07) is 0. The van der Waals surface area contributed by atoms with E-state index in [0.717, 1.165) is 0 Å². The summed E-state index contributed by atoms with van der Waals surface area (Å²) in [7, 11) is 0. The fourth-order valence-electron chi connectivity index (χ4n) is 1.69. The summed E-state index contributed by atoms with van der Waals surface area (Å²) in [6.45, 7) is 10.6. The molecule has 1 rings (SSSR count). The molecule has 0 bridgehead atoms. The standard InChI is InChI=1S/C12H22N2O2S/c1-5-10(15)13-6-8-14(9-7-13)11(16)17-12(2,3)4/h5-9H2,1-4H3. The number of hydrogen-bond donors (Lipinski definition) is 0. The maximum Gasteiger partial charge on any atom is 0.282 e. The van der Waals surface area contributed by atoms with E-state index in [1.165, 1.54) is 11.8 Å². The molecule has 0 aromatic carbocycles. The molecule has 4 nitrogen and oxygen atoms in total. The number of nitrogens with zero attached hydrogens (tertiary/aromatic N) is 2. The Bertz CT molecular complexity index is 291. The third kappa shape index (κ3) is 4.58. The predicted molar refractivity (Wildman–Crippen MR) is 71.2 cm³/mol. The van der Waals surface area contributed by atoms with Crippen LogP contribution in [-0.4, -0.2) is 51.9 Å². The highest BCUT2D eigenvalue weighted by molar-refractivity contribution is 8.14. The summed E-state index contributed by atoms with van der Waals surface area (Å²) in [5.74, 6) is 0.181. The van der Waals surface area contributed by atoms with Gasteiger partial charge in [0.2, 0.25) is 5.91 Å². The van der Waals surface area contributed by atoms with E-state index in [4.69, 9.17) is 0 Å². The van der Waals surface area contributed by atoms with Crippen LogP contribution in [0.2, 0.25) is 0 Å². The van der Waals surface area contributed by atoms with Crippen molar-refractivity contribution in [3.8, 4) is 0 Å². The van der Waals surface area contributed by atoms with Gasteiger partial charge in [-0.05, 0) is 0 Å². The number of hydrogen-bond acceptors (Lipinski definition) is 3. The molecule has 1 heterocycles. The van der Waals surface area contributed by atoms with Crippen LogP contribution in [0.1, 0.15) is 34.1 Å². The summed E-state index contributed by atoms with van der Waals surface area (Å²) in [4.78, 5) is 27.1. The lowest BCUT2D eigenvalue weighted by Gasteiger charge is -2.35. The average Bonchev–Trinajstić information content (AvgIpc) is 2.26. The molecule has 1 saturated heterocycles. The van der Waals surface area contributed by atoms with E-state index in [9.17, 15) is 9.59 Å². The van der Waals surface area contributed by atoms with Gasteiger partial charge < -0.3 is 9.80 Å². The van der Waals surface area contributed by atoms with Crippen LogP contribution in [-0.2, 0) is 4.79 Å². The van der Waals surface area contributed by atoms with Crippen LogP contribution >= 0.6 is 11.8 Å². The molecular formula is C12H22N2O2S. The Hall–Kier alpha value is -0.710. The molecule has 0 aromatic heterocycles. The Morgan fingerprint density at radius 3 is 1.94 bits per heavy atom. The maximum absolute atomic E-state index is 11.9. The van der Waals surface area contributed by atoms with Crippen LogP contribution in [0.3, 0.4) is 0 Å². The van der Waals surface area contributed by atoms with Gasteiger partial charge in [-0.3, -0.25) is 9.59 Å². The lowest BCUT2D eigenvalue weighted by Crippen LogP contribution is -2.49. The number of amides is 2. The van der Waals surface area contributed by atoms with Gasteiger partial charge in [0.25, 0.3) is 5.24 Å². The molecule has 17 heavy (non-hydrogen) atoms. The molecular weight excluding hydrogens is 236 g/mol. The zero-order valence-corrected chi connectivity index (χ0v) is 12.0. The van der Waals surface area contributed by atoms with Crippen molar-refractivity contribution < 1.29 is 9.59 Å². The van der Waals surface area contributed by atoms with E-state index in [0.29, 0.717) is 32.6 Å². The van der Waals surface area contributed by atoms with Crippen LogP contribution < -0.4 is 0 Å². The molecule has 2 amide bonds. The molecule has 5 heteroatoms. The van der Waals surface area contributed by atoms with Crippen LogP contribution in [0.4, 0.5) is 4.79 Å². The third-order valence-electron chi connectivity index (χ3n) is 2.59. The van der Waals surface area contributed by atoms with Gasteiger partial charge in [-0.2, -0.15) is 0 Å². The molecule has 98 valence electrons. The second-order valence-corrected chi connectivity index (χ2v) is 6.98. The average molecular weight is 258 g/mol. The Balaban J connectivity index is 2.42. The zero-order valence-electron chi connectivity index (χ0n) is 11.2. The Morgan fingerprint density at radius 1 is 1.06 bits per heavy atom. The first-order chi connectivity index (χ1) is 7.83. The van der Waals surface area contributed by atoms with Crippen LogP contribution in [0, 0.1) is 0 Å². The normalized spacial score (nSPS) is 17.2. The summed E-state index contributed by atoms with van der Waals surface area (Å²) in [5, 5.41) is 0.126. The van der Waals surface area contributed by atoms with Crippen LogP contribution in [0.15, 0.2) is 0 Å². The second-order valence-electron chi connectivity index (χ2n) is 5.20. The highest BCUT2D eigenvalue weighted by Gasteiger charge is 2.26. The summed E-state index contributed by atoms with van der Waals surface area (Å²) >= 11 is 1.36. The molecule has 0 aliphatic carbocycles. The van der Waals surface area contributed by atoms with Gasteiger partial charge in [-0.15, -0.1) is 0 Å². The predicted octanol–water partition coefficient (Wildman–Crippen LogP) is 2.19. The first-order valence-electron chi connectivity index (χ1n) is 6.09. The molecule has 0 saturated carbocycles. The van der Waals surface area contributed by atoms with Gasteiger partial charge in [0.05, 0.1) is 0 Å². The van der Waals surface area contributed by atoms with Crippen molar-refractivity contribution >= 4 is 22.9 Å². The molecule has 0 spiro atoms. The fraction of sp³-hybridized carbons (Fsp3) is 0.833. The van der Waals surface area contributed by atoms with Gasteiger partial charge in [-0.25, -0.2) is 0 Å². The van der Waals surface area contributed by atoms with Gasteiger partial charge in [0.1, 0.15) is 0 Å². The number of thioether (sulfide) groups is 1. The van der Waals surface area contributed by atoms with Gasteiger partial charge in [0, 0.05) is 37.3 Å². The molecule has 1 aliphatic rings. The number of rotatable bonds is 1. The van der Waals surface area contributed by atoms with E-state index in [-0.39, 0.29) is 15.9 Å². The lowest BCUT2D eigenvalue weighted by molar-refractivity contribution is -0.132. The highest BCUT2D eigenvalue weighted by atomic mass is 32.2. The van der Waals surface area contributed by atoms with E-state index >= 15 is 0 Å². The van der Waals surface area contributed by atoms with Gasteiger partial charge in [0.15, 0.2) is 0 Å². The molecule has 1 fully saturated rings. The van der Waals surface area contributed by atoms with E-state index in [1.54, 1.807) is 0 Å². The lowest BCUT2D eigenvalue weighted by atomic mass is 10.3. The highest BCUT2D eigenvalue weighted by Crippen LogP contribution is 2.26. The minimum absolute atomic E-state index is 0.0482. The molecule has 1 aliphatic heterocycles. The molecule has 0 unspecified atom stereocenters. The van der Waals surface area contributed by atoms with Gasteiger partial charge in [-0.1, -0.05) is 39.5 Å². The van der Waals surface area contributed by atoms with E-state index in [1.807, 2.05) is 37.5 Å². The number of piperazine rings is 1. The zero-order chi connectivity index (χ0) is 13.1. The SMILES string of the molecule is CCC(=O)N1CCN(C(=O)SC(C)(C)C)CC1. The minimum atomic E-state index is -0.0482. The largest absolute Gasteiger partial charge is 0.339 e. The molecule has 0 atom stereocenters. The van der Waals surface area contributed by atoms with Crippen molar-refractivity contribution in [1.82, 2.24) is 9.80 Å². The first kappa shape index (κ1) is 14.4. The van der Waals surface area contributed by atoms with Crippen molar-refractivity contribution in [2.24, 2.45) is 0 Å². The smallest absolute Gasteiger partial charge is 0.282 e. The van der Waals surface area contributed by atoms with Gasteiger partial charge >= 0.3 is 0 Å². The Labute approximate surface area is 108 Å². The van der Waals surface area contributed by atoms with Crippen molar-refractivity contribution in [3.63, 3.8) is 0 Å². The van der Waals surface area contributed by atoms with Crippen LogP contribution in [0.25, 0.3) is 0 Å². The van der Waals surface area contributed by atoms with Crippen molar-refractivity contribution in [2.75, 3.05) is 26.2 Å². The topological polar surface area (TPSA) is 40.6 Å². The Kier molecular flexibility index (Phi) is 4.86. The van der Waals surface area contributed by atoms with E-state index < -0.39 is 0 Å². The van der Waals surface area contributed by atoms with Crippen molar-refractivity contribution in [2.45, 2.75) is 38.9 Å². The number of carbonyl (C=O) groups is 2. The fourth-order valence-corrected chi connectivity index (χ4v) is 2.52. The maximum atomic E-state index is 11.9. The Morgan fingerprint density at radius 2 is 1.53 bits per heavy atom. The molecule has 0 N–H and O–H groups in total. The van der Waals surface area contributed by atoms with E-state index in [2.05, 4.69) is 0 Å². The summed E-state index contributed by atoms with van der Waals surface area (Å²) < 4.78 is -0.0482. The molecule has 0 aromatic rings. The van der Waals surface area contributed by atoms with Crippen molar-refractivity contribution in [1.29, 1.82) is 0 Å². The summed E-state index contributed by atoms with van der Waals surface area (Å²) in [5.41, 5.74) is 0.